The number of rotatable bonds is 3. The molecule has 0 N–H and O–H groups in total. The molecule has 0 saturated carbocycles. The van der Waals surface area contributed by atoms with Gasteiger partial charge in [-0.2, -0.15) is 0 Å². The Morgan fingerprint density at radius 1 is 1.07 bits per heavy atom. The van der Waals surface area contributed by atoms with Gasteiger partial charge in [0.05, 0.1) is 10.7 Å². The average molecular weight is 450 g/mol. The SMILES string of the molecule is Cc1nc(-c2ccccc2F)c(C(=O)N2CCN(c3cc(Cl)cc(Cl)c3)CC2)s1. The number of thiazole rings is 1. The Kier molecular flexibility index (Phi) is 5.76. The molecule has 8 heteroatoms. The fourth-order valence-electron chi connectivity index (χ4n) is 3.44. The van der Waals surface area contributed by atoms with Gasteiger partial charge in [-0.05, 0) is 37.3 Å². The number of anilines is 1. The Hall–Kier alpha value is -2.15. The van der Waals surface area contributed by atoms with Crippen LogP contribution in [0.2, 0.25) is 10.0 Å². The Morgan fingerprint density at radius 2 is 1.72 bits per heavy atom. The van der Waals surface area contributed by atoms with Crippen LogP contribution in [0.25, 0.3) is 11.3 Å². The predicted molar refractivity (Wildman–Crippen MR) is 117 cm³/mol. The van der Waals surface area contributed by atoms with Gasteiger partial charge in [-0.1, -0.05) is 35.3 Å². The standard InChI is InChI=1S/C21H18Cl2FN3OS/c1-13-25-19(17-4-2-3-5-18(17)24)20(29-13)21(28)27-8-6-26(7-9-27)16-11-14(22)10-15(23)12-16/h2-5,10-12H,6-9H2,1H3. The summed E-state index contributed by atoms with van der Waals surface area (Å²) in [5.41, 5.74) is 1.71. The maximum Gasteiger partial charge on any atom is 0.266 e. The molecule has 1 aliphatic heterocycles. The molecule has 2 heterocycles. The number of benzene rings is 2. The molecule has 1 fully saturated rings. The molecule has 0 radical (unpaired) electrons. The molecule has 0 spiro atoms. The highest BCUT2D eigenvalue weighted by Crippen LogP contribution is 2.32. The van der Waals surface area contributed by atoms with Crippen LogP contribution in [0.3, 0.4) is 0 Å². The first-order chi connectivity index (χ1) is 13.9. The number of carbonyl (C=O) groups is 1. The van der Waals surface area contributed by atoms with Crippen molar-refractivity contribution in [3.8, 4) is 11.3 Å². The molecular weight excluding hydrogens is 432 g/mol. The summed E-state index contributed by atoms with van der Waals surface area (Å²) in [4.78, 5) is 22.0. The highest BCUT2D eigenvalue weighted by atomic mass is 35.5. The molecule has 1 aliphatic rings. The maximum atomic E-state index is 14.3. The van der Waals surface area contributed by atoms with E-state index in [1.165, 1.54) is 17.4 Å². The van der Waals surface area contributed by atoms with Gasteiger partial charge in [0.25, 0.3) is 5.91 Å². The van der Waals surface area contributed by atoms with Crippen LogP contribution in [0, 0.1) is 12.7 Å². The number of hydrogen-bond acceptors (Lipinski definition) is 4. The van der Waals surface area contributed by atoms with Crippen LogP contribution in [-0.2, 0) is 0 Å². The molecule has 1 amide bonds. The summed E-state index contributed by atoms with van der Waals surface area (Å²) in [6.45, 7) is 4.25. The number of halogens is 3. The minimum Gasteiger partial charge on any atom is -0.368 e. The predicted octanol–water partition coefficient (Wildman–Crippen LogP) is 5.53. The van der Waals surface area contributed by atoms with E-state index >= 15 is 0 Å². The second-order valence-corrected chi connectivity index (χ2v) is 8.87. The molecule has 2 aromatic carbocycles. The normalized spacial score (nSPS) is 14.3. The summed E-state index contributed by atoms with van der Waals surface area (Å²) in [6.07, 6.45) is 0. The van der Waals surface area contributed by atoms with E-state index in [0.717, 1.165) is 10.7 Å². The zero-order valence-electron chi connectivity index (χ0n) is 15.7. The first-order valence-electron chi connectivity index (χ1n) is 9.15. The van der Waals surface area contributed by atoms with Gasteiger partial charge in [0.2, 0.25) is 0 Å². The quantitative estimate of drug-likeness (QED) is 0.527. The fourth-order valence-corrected chi connectivity index (χ4v) is 4.86. The summed E-state index contributed by atoms with van der Waals surface area (Å²) in [6, 6.07) is 11.8. The number of piperazine rings is 1. The Balaban J connectivity index is 1.53. The highest BCUT2D eigenvalue weighted by Gasteiger charge is 2.27. The third-order valence-corrected chi connectivity index (χ3v) is 6.23. The van der Waals surface area contributed by atoms with Crippen molar-refractivity contribution in [3.05, 3.63) is 68.2 Å². The summed E-state index contributed by atoms with van der Waals surface area (Å²) in [5, 5.41) is 1.90. The van der Waals surface area contributed by atoms with Crippen molar-refractivity contribution < 1.29 is 9.18 Å². The zero-order valence-corrected chi connectivity index (χ0v) is 18.0. The van der Waals surface area contributed by atoms with Crippen LogP contribution in [0.4, 0.5) is 10.1 Å². The van der Waals surface area contributed by atoms with Crippen LogP contribution in [0.1, 0.15) is 14.7 Å². The van der Waals surface area contributed by atoms with E-state index in [2.05, 4.69) is 9.88 Å². The van der Waals surface area contributed by atoms with Crippen molar-refractivity contribution in [2.75, 3.05) is 31.1 Å². The van der Waals surface area contributed by atoms with Crippen LogP contribution in [0.5, 0.6) is 0 Å². The van der Waals surface area contributed by atoms with Crippen molar-refractivity contribution in [2.24, 2.45) is 0 Å². The number of nitrogens with zero attached hydrogens (tertiary/aromatic N) is 3. The molecule has 0 unspecified atom stereocenters. The number of aryl methyl sites for hydroxylation is 1. The van der Waals surface area contributed by atoms with Crippen molar-refractivity contribution in [1.29, 1.82) is 0 Å². The number of aromatic nitrogens is 1. The molecule has 29 heavy (non-hydrogen) atoms. The fraction of sp³-hybridized carbons (Fsp3) is 0.238. The molecule has 4 rings (SSSR count). The summed E-state index contributed by atoms with van der Waals surface area (Å²) >= 11 is 13.5. The smallest absolute Gasteiger partial charge is 0.266 e. The summed E-state index contributed by atoms with van der Waals surface area (Å²) in [7, 11) is 0. The van der Waals surface area contributed by atoms with Gasteiger partial charge in [-0.15, -0.1) is 11.3 Å². The lowest BCUT2D eigenvalue weighted by Gasteiger charge is -2.36. The monoisotopic (exact) mass is 449 g/mol. The summed E-state index contributed by atoms with van der Waals surface area (Å²) < 4.78 is 14.3. The van der Waals surface area contributed by atoms with Crippen LogP contribution < -0.4 is 4.90 Å². The molecule has 1 aromatic heterocycles. The van der Waals surface area contributed by atoms with E-state index < -0.39 is 0 Å². The van der Waals surface area contributed by atoms with E-state index in [1.807, 2.05) is 19.1 Å². The second-order valence-electron chi connectivity index (χ2n) is 6.80. The van der Waals surface area contributed by atoms with Crippen LogP contribution in [-0.4, -0.2) is 42.0 Å². The minimum atomic E-state index is -0.380. The third kappa shape index (κ3) is 4.25. The summed E-state index contributed by atoms with van der Waals surface area (Å²) in [5.74, 6) is -0.493. The topological polar surface area (TPSA) is 36.4 Å². The molecule has 4 nitrogen and oxygen atoms in total. The number of carbonyl (C=O) groups excluding carboxylic acids is 1. The van der Waals surface area contributed by atoms with E-state index in [0.29, 0.717) is 52.4 Å². The van der Waals surface area contributed by atoms with E-state index in [9.17, 15) is 9.18 Å². The second kappa shape index (κ2) is 8.30. The van der Waals surface area contributed by atoms with Crippen LogP contribution >= 0.6 is 34.5 Å². The van der Waals surface area contributed by atoms with Gasteiger partial charge < -0.3 is 9.80 Å². The van der Waals surface area contributed by atoms with E-state index in [-0.39, 0.29) is 11.7 Å². The van der Waals surface area contributed by atoms with Gasteiger partial charge in [0, 0.05) is 47.5 Å². The van der Waals surface area contributed by atoms with Crippen LogP contribution in [0.15, 0.2) is 42.5 Å². The zero-order chi connectivity index (χ0) is 20.5. The van der Waals surface area contributed by atoms with Gasteiger partial charge in [-0.3, -0.25) is 4.79 Å². The molecule has 0 atom stereocenters. The van der Waals surface area contributed by atoms with Gasteiger partial charge in [0.15, 0.2) is 0 Å². The first kappa shape index (κ1) is 20.1. The van der Waals surface area contributed by atoms with Crippen molar-refractivity contribution in [2.45, 2.75) is 6.92 Å². The Morgan fingerprint density at radius 3 is 2.38 bits per heavy atom. The molecule has 150 valence electrons. The number of amides is 1. The highest BCUT2D eigenvalue weighted by molar-refractivity contribution is 7.14. The lowest BCUT2D eigenvalue weighted by molar-refractivity contribution is 0.0752. The largest absolute Gasteiger partial charge is 0.368 e. The lowest BCUT2D eigenvalue weighted by atomic mass is 10.1. The van der Waals surface area contributed by atoms with Crippen molar-refractivity contribution >= 4 is 46.1 Å². The Labute approximate surface area is 182 Å². The molecule has 3 aromatic rings. The number of hydrogen-bond donors (Lipinski definition) is 0. The average Bonchev–Trinajstić information content (AvgIpc) is 3.08. The van der Waals surface area contributed by atoms with E-state index in [4.69, 9.17) is 23.2 Å². The Bertz CT molecular complexity index is 1040. The maximum absolute atomic E-state index is 14.3. The van der Waals surface area contributed by atoms with Crippen molar-refractivity contribution in [3.63, 3.8) is 0 Å². The van der Waals surface area contributed by atoms with Gasteiger partial charge >= 0.3 is 0 Å². The van der Waals surface area contributed by atoms with Crippen molar-refractivity contribution in [1.82, 2.24) is 9.88 Å². The molecular formula is C21H18Cl2FN3OS. The molecule has 0 bridgehead atoms. The minimum absolute atomic E-state index is 0.113. The lowest BCUT2D eigenvalue weighted by Crippen LogP contribution is -2.48. The van der Waals surface area contributed by atoms with E-state index in [1.54, 1.807) is 29.2 Å². The van der Waals surface area contributed by atoms with Gasteiger partial charge in [-0.25, -0.2) is 9.37 Å². The third-order valence-electron chi connectivity index (χ3n) is 4.84. The molecule has 1 saturated heterocycles. The first-order valence-corrected chi connectivity index (χ1v) is 10.7. The molecule has 0 aliphatic carbocycles. The van der Waals surface area contributed by atoms with Gasteiger partial charge in [0.1, 0.15) is 10.7 Å².